The monoisotopic (exact) mass is 139 g/mol. The van der Waals surface area contributed by atoms with Gasteiger partial charge in [-0.2, -0.15) is 0 Å². The van der Waals surface area contributed by atoms with Gasteiger partial charge in [-0.25, -0.2) is 4.98 Å². The number of allylic oxidation sites excluding steroid dienone is 1. The highest BCUT2D eigenvalue weighted by Crippen LogP contribution is 2.14. The van der Waals surface area contributed by atoms with Crippen LogP contribution in [0.5, 0.6) is 0 Å². The van der Waals surface area contributed by atoms with Gasteiger partial charge < -0.3 is 0 Å². The average Bonchev–Trinajstić information content (AvgIpc) is 2.37. The fourth-order valence-electron chi connectivity index (χ4n) is 0.568. The maximum absolute atomic E-state index is 4.11. The van der Waals surface area contributed by atoms with Crippen molar-refractivity contribution in [2.45, 2.75) is 13.3 Å². The third-order valence-electron chi connectivity index (χ3n) is 1.22. The predicted molar refractivity (Wildman–Crippen MR) is 41.4 cm³/mol. The van der Waals surface area contributed by atoms with Gasteiger partial charge in [-0.1, -0.05) is 13.5 Å². The zero-order valence-electron chi connectivity index (χ0n) is 5.42. The molecule has 0 saturated carbocycles. The molecule has 1 aromatic heterocycles. The minimum Gasteiger partial charge on any atom is -0.245 e. The Morgan fingerprint density at radius 2 is 2.67 bits per heavy atom. The van der Waals surface area contributed by atoms with Gasteiger partial charge in [0.25, 0.3) is 0 Å². The third kappa shape index (κ3) is 1.39. The van der Waals surface area contributed by atoms with E-state index in [2.05, 4.69) is 18.5 Å². The van der Waals surface area contributed by atoms with Gasteiger partial charge >= 0.3 is 0 Å². The molecule has 9 heavy (non-hydrogen) atoms. The Morgan fingerprint density at radius 1 is 1.89 bits per heavy atom. The lowest BCUT2D eigenvalue weighted by molar-refractivity contribution is 1.21. The van der Waals surface area contributed by atoms with E-state index in [1.807, 2.05) is 10.9 Å². The molecule has 0 atom stereocenters. The van der Waals surface area contributed by atoms with E-state index in [4.69, 9.17) is 0 Å². The van der Waals surface area contributed by atoms with E-state index in [-0.39, 0.29) is 0 Å². The Labute approximate surface area is 59.1 Å². The van der Waals surface area contributed by atoms with Crippen molar-refractivity contribution in [1.82, 2.24) is 4.98 Å². The predicted octanol–water partition coefficient (Wildman–Crippen LogP) is 2.57. The van der Waals surface area contributed by atoms with Crippen molar-refractivity contribution < 1.29 is 0 Å². The Balaban J connectivity index is 2.77. The summed E-state index contributed by atoms with van der Waals surface area (Å²) in [5, 5.41) is 2.02. The second kappa shape index (κ2) is 2.78. The summed E-state index contributed by atoms with van der Waals surface area (Å²) in [6, 6.07) is 0. The summed E-state index contributed by atoms with van der Waals surface area (Å²) in [6.45, 7) is 5.94. The first-order valence-electron chi connectivity index (χ1n) is 2.91. The van der Waals surface area contributed by atoms with E-state index in [0.29, 0.717) is 0 Å². The van der Waals surface area contributed by atoms with Crippen molar-refractivity contribution in [1.29, 1.82) is 0 Å². The van der Waals surface area contributed by atoms with Crippen LogP contribution in [-0.4, -0.2) is 4.98 Å². The van der Waals surface area contributed by atoms with E-state index in [1.54, 1.807) is 11.3 Å². The second-order valence-electron chi connectivity index (χ2n) is 1.83. The van der Waals surface area contributed by atoms with Gasteiger partial charge in [-0.3, -0.25) is 0 Å². The highest BCUT2D eigenvalue weighted by Gasteiger charge is 1.95. The van der Waals surface area contributed by atoms with E-state index >= 15 is 0 Å². The minimum absolute atomic E-state index is 0.990. The summed E-state index contributed by atoms with van der Waals surface area (Å²) in [5.41, 5.74) is 4.00. The van der Waals surface area contributed by atoms with E-state index in [0.717, 1.165) is 17.7 Å². The molecule has 0 spiro atoms. The first kappa shape index (κ1) is 6.49. The zero-order valence-corrected chi connectivity index (χ0v) is 6.24. The van der Waals surface area contributed by atoms with Crippen LogP contribution in [0.3, 0.4) is 0 Å². The molecule has 1 rings (SSSR count). The van der Waals surface area contributed by atoms with Crippen LogP contribution >= 0.6 is 11.3 Å². The van der Waals surface area contributed by atoms with Crippen molar-refractivity contribution >= 4 is 16.9 Å². The fraction of sp³-hybridized carbons (Fsp3) is 0.286. The van der Waals surface area contributed by atoms with E-state index < -0.39 is 0 Å². The second-order valence-corrected chi connectivity index (χ2v) is 2.55. The first-order valence-corrected chi connectivity index (χ1v) is 3.85. The molecule has 0 aliphatic heterocycles. The first-order chi connectivity index (χ1) is 4.34. The summed E-state index contributed by atoms with van der Waals surface area (Å²) in [6.07, 6.45) is 0.990. The molecule has 0 aromatic carbocycles. The number of hydrogen-bond acceptors (Lipinski definition) is 2. The molecule has 1 nitrogen and oxygen atoms in total. The Hall–Kier alpha value is -0.630. The van der Waals surface area contributed by atoms with Crippen LogP contribution in [0.25, 0.3) is 5.57 Å². The molecule has 0 radical (unpaired) electrons. The standard InChI is InChI=1S/C7H9NS/c1-3-6(2)7-4-9-5-8-7/h4-5H,2-3H2,1H3. The number of nitrogens with zero attached hydrogens (tertiary/aromatic N) is 1. The minimum atomic E-state index is 0.990. The van der Waals surface area contributed by atoms with Gasteiger partial charge in [0.2, 0.25) is 0 Å². The van der Waals surface area contributed by atoms with Crippen LogP contribution in [0.2, 0.25) is 0 Å². The summed E-state index contributed by atoms with van der Waals surface area (Å²) < 4.78 is 0. The van der Waals surface area contributed by atoms with Gasteiger partial charge in [0.15, 0.2) is 0 Å². The lowest BCUT2D eigenvalue weighted by atomic mass is 10.2. The highest BCUT2D eigenvalue weighted by molar-refractivity contribution is 7.07. The Morgan fingerprint density at radius 3 is 3.11 bits per heavy atom. The molecule has 2 heteroatoms. The lowest BCUT2D eigenvalue weighted by Crippen LogP contribution is -1.77. The van der Waals surface area contributed by atoms with E-state index in [9.17, 15) is 0 Å². The van der Waals surface area contributed by atoms with Crippen LogP contribution in [0.4, 0.5) is 0 Å². The molecule has 0 bridgehead atoms. The van der Waals surface area contributed by atoms with Crippen molar-refractivity contribution in [3.8, 4) is 0 Å². The Bertz CT molecular complexity index is 189. The quantitative estimate of drug-likeness (QED) is 0.613. The number of aromatic nitrogens is 1. The zero-order chi connectivity index (χ0) is 6.69. The molecule has 0 N–H and O–H groups in total. The summed E-state index contributed by atoms with van der Waals surface area (Å²) in [7, 11) is 0. The molecule has 0 unspecified atom stereocenters. The van der Waals surface area contributed by atoms with Crippen molar-refractivity contribution in [2.24, 2.45) is 0 Å². The molecule has 0 saturated heterocycles. The summed E-state index contributed by atoms with van der Waals surface area (Å²) in [5.74, 6) is 0. The normalized spacial score (nSPS) is 9.44. The molecule has 0 amide bonds. The molecular weight excluding hydrogens is 130 g/mol. The summed E-state index contributed by atoms with van der Waals surface area (Å²) in [4.78, 5) is 4.11. The van der Waals surface area contributed by atoms with Gasteiger partial charge in [-0.05, 0) is 12.0 Å². The number of rotatable bonds is 2. The topological polar surface area (TPSA) is 12.9 Å². The maximum atomic E-state index is 4.11. The molecule has 0 aliphatic carbocycles. The van der Waals surface area contributed by atoms with Crippen LogP contribution < -0.4 is 0 Å². The van der Waals surface area contributed by atoms with Gasteiger partial charge in [0.05, 0.1) is 11.2 Å². The number of thiazole rings is 1. The van der Waals surface area contributed by atoms with Crippen LogP contribution in [0, 0.1) is 0 Å². The molecular formula is C7H9NS. The third-order valence-corrected chi connectivity index (χ3v) is 1.81. The molecule has 1 aromatic rings. The van der Waals surface area contributed by atoms with Crippen LogP contribution in [-0.2, 0) is 0 Å². The van der Waals surface area contributed by atoms with Crippen molar-refractivity contribution in [3.63, 3.8) is 0 Å². The molecule has 0 aliphatic rings. The van der Waals surface area contributed by atoms with Crippen molar-refractivity contribution in [2.75, 3.05) is 0 Å². The van der Waals surface area contributed by atoms with Gasteiger partial charge in [0, 0.05) is 5.38 Å². The SMILES string of the molecule is C=C(CC)c1cscn1. The fourth-order valence-corrected chi connectivity index (χ4v) is 1.16. The molecule has 0 fully saturated rings. The van der Waals surface area contributed by atoms with Crippen molar-refractivity contribution in [3.05, 3.63) is 23.2 Å². The Kier molecular flexibility index (Phi) is 2.01. The van der Waals surface area contributed by atoms with Gasteiger partial charge in [-0.15, -0.1) is 11.3 Å². The lowest BCUT2D eigenvalue weighted by Gasteiger charge is -1.92. The highest BCUT2D eigenvalue weighted by atomic mass is 32.1. The maximum Gasteiger partial charge on any atom is 0.0798 e. The smallest absolute Gasteiger partial charge is 0.0798 e. The summed E-state index contributed by atoms with van der Waals surface area (Å²) >= 11 is 1.61. The largest absolute Gasteiger partial charge is 0.245 e. The van der Waals surface area contributed by atoms with Crippen LogP contribution in [0.1, 0.15) is 19.0 Å². The van der Waals surface area contributed by atoms with Gasteiger partial charge in [0.1, 0.15) is 0 Å². The van der Waals surface area contributed by atoms with E-state index in [1.165, 1.54) is 0 Å². The average molecular weight is 139 g/mol. The molecule has 48 valence electrons. The number of hydrogen-bond donors (Lipinski definition) is 0. The molecule has 1 heterocycles. The van der Waals surface area contributed by atoms with Crippen LogP contribution in [0.15, 0.2) is 17.5 Å².